The van der Waals surface area contributed by atoms with Gasteiger partial charge in [0.05, 0.1) is 24.1 Å². The number of benzene rings is 1. The molecule has 2 aliphatic heterocycles. The molecule has 1 saturated heterocycles. The number of nitrogens with one attached hydrogen (secondary N) is 1. The van der Waals surface area contributed by atoms with Crippen molar-refractivity contribution in [2.24, 2.45) is 5.41 Å². The van der Waals surface area contributed by atoms with Gasteiger partial charge in [-0.15, -0.1) is 0 Å². The van der Waals surface area contributed by atoms with Crippen LogP contribution in [-0.2, 0) is 11.3 Å². The largest absolute Gasteiger partial charge is 0.444 e. The van der Waals surface area contributed by atoms with Crippen molar-refractivity contribution in [3.8, 4) is 11.6 Å². The zero-order valence-electron chi connectivity index (χ0n) is 20.1. The maximum Gasteiger partial charge on any atom is 0.408 e. The Morgan fingerprint density at radius 2 is 1.86 bits per heavy atom. The summed E-state index contributed by atoms with van der Waals surface area (Å²) in [7, 11) is 0. The molecule has 9 nitrogen and oxygen atoms in total. The number of hydrogen-bond acceptors (Lipinski definition) is 7. The van der Waals surface area contributed by atoms with Gasteiger partial charge in [-0.3, -0.25) is 4.68 Å². The molecule has 5 rings (SSSR count). The molecule has 4 heterocycles. The van der Waals surface area contributed by atoms with Crippen LogP contribution in [0, 0.1) is 11.2 Å². The van der Waals surface area contributed by atoms with Gasteiger partial charge in [0.25, 0.3) is 0 Å². The van der Waals surface area contributed by atoms with Gasteiger partial charge in [-0.05, 0) is 63.9 Å². The van der Waals surface area contributed by atoms with E-state index >= 15 is 0 Å². The molecule has 10 heteroatoms. The third-order valence-corrected chi connectivity index (χ3v) is 6.52. The molecule has 0 aliphatic carbocycles. The lowest BCUT2D eigenvalue weighted by molar-refractivity contribution is 0.0423. The van der Waals surface area contributed by atoms with Crippen molar-refractivity contribution in [2.45, 2.75) is 51.8 Å². The lowest BCUT2D eigenvalue weighted by atomic mass is 9.73. The van der Waals surface area contributed by atoms with Gasteiger partial charge in [0.15, 0.2) is 0 Å². The first-order valence-electron chi connectivity index (χ1n) is 11.7. The van der Waals surface area contributed by atoms with Gasteiger partial charge in [-0.25, -0.2) is 19.2 Å². The third kappa shape index (κ3) is 4.91. The molecule has 0 bridgehead atoms. The summed E-state index contributed by atoms with van der Waals surface area (Å²) in [5.74, 6) is 1.28. The summed E-state index contributed by atoms with van der Waals surface area (Å²) in [6.45, 7) is 7.86. The Hall–Kier alpha value is -3.69. The van der Waals surface area contributed by atoms with Crippen LogP contribution in [0.15, 0.2) is 48.9 Å². The molecule has 1 atom stereocenters. The van der Waals surface area contributed by atoms with Gasteiger partial charge >= 0.3 is 6.09 Å². The van der Waals surface area contributed by atoms with Gasteiger partial charge < -0.3 is 19.7 Å². The van der Waals surface area contributed by atoms with E-state index in [0.29, 0.717) is 11.6 Å². The van der Waals surface area contributed by atoms with Gasteiger partial charge in [-0.1, -0.05) is 0 Å². The molecule has 1 fully saturated rings. The number of carbonyl (C=O) groups is 1. The number of aromatic nitrogens is 4. The van der Waals surface area contributed by atoms with Gasteiger partial charge in [0.2, 0.25) is 5.88 Å². The first kappa shape index (κ1) is 23.1. The van der Waals surface area contributed by atoms with E-state index in [2.05, 4.69) is 25.3 Å². The van der Waals surface area contributed by atoms with E-state index in [-0.39, 0.29) is 17.3 Å². The first-order chi connectivity index (χ1) is 16.7. The number of amides is 1. The Morgan fingerprint density at radius 3 is 2.51 bits per heavy atom. The number of fused-ring (bicyclic) bond motifs is 1. The summed E-state index contributed by atoms with van der Waals surface area (Å²) in [4.78, 5) is 23.7. The highest BCUT2D eigenvalue weighted by molar-refractivity contribution is 5.68. The monoisotopic (exact) mass is 480 g/mol. The highest BCUT2D eigenvalue weighted by atomic mass is 19.1. The van der Waals surface area contributed by atoms with E-state index in [1.165, 1.54) is 12.1 Å². The summed E-state index contributed by atoms with van der Waals surface area (Å²) in [6.07, 6.45) is 6.32. The van der Waals surface area contributed by atoms with Crippen molar-refractivity contribution in [3.63, 3.8) is 0 Å². The Kier molecular flexibility index (Phi) is 5.82. The van der Waals surface area contributed by atoms with Crippen LogP contribution < -0.4 is 15.0 Å². The number of carbonyl (C=O) groups excluding carboxylic acids is 1. The molecule has 1 aromatic carbocycles. The zero-order valence-corrected chi connectivity index (χ0v) is 20.1. The molecule has 2 aliphatic rings. The number of hydrogen-bond donors (Lipinski definition) is 1. The Balaban J connectivity index is 1.25. The number of alkyl carbamates (subject to hydrolysis) is 1. The fraction of sp³-hybridized carbons (Fsp3) is 0.440. The molecular weight excluding hydrogens is 451 g/mol. The van der Waals surface area contributed by atoms with Gasteiger partial charge in [0, 0.05) is 31.2 Å². The predicted octanol–water partition coefficient (Wildman–Crippen LogP) is 4.47. The van der Waals surface area contributed by atoms with E-state index in [1.54, 1.807) is 30.7 Å². The van der Waals surface area contributed by atoms with Crippen LogP contribution in [0.5, 0.6) is 11.6 Å². The second-order valence-electron chi connectivity index (χ2n) is 10.1. The molecule has 0 unspecified atom stereocenters. The highest BCUT2D eigenvalue weighted by Gasteiger charge is 2.49. The molecule has 3 aromatic rings. The Labute approximate surface area is 203 Å². The van der Waals surface area contributed by atoms with Crippen molar-refractivity contribution in [2.75, 3.05) is 18.0 Å². The molecule has 35 heavy (non-hydrogen) atoms. The van der Waals surface area contributed by atoms with Crippen molar-refractivity contribution in [1.82, 2.24) is 25.1 Å². The van der Waals surface area contributed by atoms with Crippen molar-refractivity contribution >= 4 is 11.9 Å². The number of halogens is 1. The molecular formula is C25H29FN6O3. The van der Waals surface area contributed by atoms with E-state index in [9.17, 15) is 9.18 Å². The fourth-order valence-corrected chi connectivity index (χ4v) is 4.85. The van der Waals surface area contributed by atoms with E-state index in [1.807, 2.05) is 31.5 Å². The van der Waals surface area contributed by atoms with Crippen LogP contribution in [-0.4, -0.2) is 44.5 Å². The number of rotatable bonds is 4. The standard InChI is InChI=1S/C25H29FN6O3/c1-24(2,3)35-23(33)30-22-19-8-11-29-32(19)16-25(22)9-12-31(13-10-25)20-14-28-21(15-27-20)34-18-6-4-17(26)5-7-18/h4-8,11,14-15,22H,9-10,12-13,16H2,1-3H3,(H,30,33)/t22-/m1/s1. The topological polar surface area (TPSA) is 94.4 Å². The lowest BCUT2D eigenvalue weighted by Crippen LogP contribution is -2.48. The van der Waals surface area contributed by atoms with Gasteiger partial charge in [-0.2, -0.15) is 5.10 Å². The van der Waals surface area contributed by atoms with Gasteiger partial charge in [0.1, 0.15) is 23.0 Å². The minimum Gasteiger partial charge on any atom is -0.444 e. The van der Waals surface area contributed by atoms with Crippen LogP contribution in [0.1, 0.15) is 45.3 Å². The average Bonchev–Trinajstić information content (AvgIpc) is 3.36. The number of nitrogens with zero attached hydrogens (tertiary/aromatic N) is 5. The highest BCUT2D eigenvalue weighted by Crippen LogP contribution is 2.49. The minimum absolute atomic E-state index is 0.143. The number of piperidine rings is 1. The average molecular weight is 481 g/mol. The third-order valence-electron chi connectivity index (χ3n) is 6.52. The lowest BCUT2D eigenvalue weighted by Gasteiger charge is -2.42. The summed E-state index contributed by atoms with van der Waals surface area (Å²) < 4.78 is 26.2. The van der Waals surface area contributed by atoms with Crippen molar-refractivity contribution in [1.29, 1.82) is 0 Å². The zero-order chi connectivity index (χ0) is 24.6. The molecule has 0 radical (unpaired) electrons. The molecule has 1 N–H and O–H groups in total. The smallest absolute Gasteiger partial charge is 0.408 e. The predicted molar refractivity (Wildman–Crippen MR) is 127 cm³/mol. The van der Waals surface area contributed by atoms with Crippen LogP contribution in [0.4, 0.5) is 15.0 Å². The molecule has 184 valence electrons. The van der Waals surface area contributed by atoms with Crippen LogP contribution in [0.2, 0.25) is 0 Å². The summed E-state index contributed by atoms with van der Waals surface area (Å²) >= 11 is 0. The van der Waals surface area contributed by atoms with Crippen molar-refractivity contribution in [3.05, 3.63) is 60.4 Å². The number of ether oxygens (including phenoxy) is 2. The van der Waals surface area contributed by atoms with Crippen molar-refractivity contribution < 1.29 is 18.7 Å². The van der Waals surface area contributed by atoms with Crippen LogP contribution >= 0.6 is 0 Å². The maximum atomic E-state index is 13.1. The molecule has 1 amide bonds. The summed E-state index contributed by atoms with van der Waals surface area (Å²) in [5.41, 5.74) is 0.298. The summed E-state index contributed by atoms with van der Waals surface area (Å²) in [5, 5.41) is 7.58. The normalized spacial score (nSPS) is 18.9. The maximum absolute atomic E-state index is 13.1. The fourth-order valence-electron chi connectivity index (χ4n) is 4.85. The quantitative estimate of drug-likeness (QED) is 0.589. The van der Waals surface area contributed by atoms with E-state index in [4.69, 9.17) is 9.47 Å². The first-order valence-corrected chi connectivity index (χ1v) is 11.7. The van der Waals surface area contributed by atoms with Crippen LogP contribution in [0.3, 0.4) is 0 Å². The molecule has 2 aromatic heterocycles. The van der Waals surface area contributed by atoms with E-state index in [0.717, 1.165) is 44.0 Å². The second kappa shape index (κ2) is 8.83. The Morgan fingerprint density at radius 1 is 1.11 bits per heavy atom. The second-order valence-corrected chi connectivity index (χ2v) is 10.1. The SMILES string of the molecule is CC(C)(C)OC(=O)N[C@@H]1c2ccnn2CC12CCN(c1cnc(Oc3ccc(F)cc3)cn1)CC2. The molecule has 0 saturated carbocycles. The van der Waals surface area contributed by atoms with E-state index < -0.39 is 11.7 Å². The Bertz CT molecular complexity index is 1180. The molecule has 1 spiro atoms. The van der Waals surface area contributed by atoms with Crippen LogP contribution in [0.25, 0.3) is 0 Å². The minimum atomic E-state index is -0.565. The summed E-state index contributed by atoms with van der Waals surface area (Å²) in [6, 6.07) is 7.56. The number of anilines is 1.